The van der Waals surface area contributed by atoms with E-state index in [1.54, 1.807) is 37.3 Å². The summed E-state index contributed by atoms with van der Waals surface area (Å²) in [5.74, 6) is -1.10. The standard InChI is InChI=1S/C22H26ClN5O5S/c1-14(26-20(29)13-21(30)27-17-5-2-15(3-6-17)22(24)25)16-4-7-19(18(23)12-16)34(31,32)28-8-10-33-11-9-28/h2-7,12,14H,8-11,13H2,1H3,(H3,24,25)(H,26,29)(H,27,30). The third-order valence-corrected chi connectivity index (χ3v) is 7.60. The van der Waals surface area contributed by atoms with E-state index in [1.807, 2.05) is 0 Å². The Labute approximate surface area is 203 Å². The molecule has 1 atom stereocenters. The molecule has 1 aliphatic heterocycles. The molecule has 1 fully saturated rings. The van der Waals surface area contributed by atoms with Crippen LogP contribution in [0.1, 0.15) is 30.5 Å². The number of morpholine rings is 1. The van der Waals surface area contributed by atoms with Crippen LogP contribution in [0.25, 0.3) is 0 Å². The maximum atomic E-state index is 12.8. The van der Waals surface area contributed by atoms with Crippen LogP contribution in [0.15, 0.2) is 47.4 Å². The molecule has 0 aliphatic carbocycles. The summed E-state index contributed by atoms with van der Waals surface area (Å²) in [6.45, 7) is 2.88. The Morgan fingerprint density at radius 3 is 2.38 bits per heavy atom. The van der Waals surface area contributed by atoms with Gasteiger partial charge in [0.25, 0.3) is 0 Å². The van der Waals surface area contributed by atoms with E-state index in [-0.39, 0.29) is 28.8 Å². The van der Waals surface area contributed by atoms with E-state index in [1.165, 1.54) is 16.4 Å². The first-order chi connectivity index (χ1) is 16.1. The number of hydrogen-bond donors (Lipinski definition) is 4. The number of nitrogens with zero attached hydrogens (tertiary/aromatic N) is 1. The van der Waals surface area contributed by atoms with Crippen LogP contribution >= 0.6 is 11.6 Å². The number of nitrogens with one attached hydrogen (secondary N) is 3. The summed E-state index contributed by atoms with van der Waals surface area (Å²) in [6.07, 6.45) is -0.407. The quantitative estimate of drug-likeness (QED) is 0.243. The number of ether oxygens (including phenoxy) is 1. The monoisotopic (exact) mass is 507 g/mol. The van der Waals surface area contributed by atoms with Gasteiger partial charge in [-0.1, -0.05) is 17.7 Å². The summed E-state index contributed by atoms with van der Waals surface area (Å²) in [6, 6.07) is 10.3. The van der Waals surface area contributed by atoms with Gasteiger partial charge in [0, 0.05) is 24.3 Å². The van der Waals surface area contributed by atoms with E-state index in [9.17, 15) is 18.0 Å². The van der Waals surface area contributed by atoms with Crippen molar-refractivity contribution in [2.45, 2.75) is 24.3 Å². The third-order valence-electron chi connectivity index (χ3n) is 5.22. The predicted molar refractivity (Wildman–Crippen MR) is 128 cm³/mol. The number of anilines is 1. The van der Waals surface area contributed by atoms with Gasteiger partial charge in [-0.25, -0.2) is 8.42 Å². The topological polar surface area (TPSA) is 155 Å². The number of rotatable bonds is 8. The molecule has 34 heavy (non-hydrogen) atoms. The molecule has 0 bridgehead atoms. The summed E-state index contributed by atoms with van der Waals surface area (Å²) in [5.41, 5.74) is 6.99. The van der Waals surface area contributed by atoms with E-state index >= 15 is 0 Å². The van der Waals surface area contributed by atoms with Crippen LogP contribution in [0.4, 0.5) is 5.69 Å². The molecule has 0 aromatic heterocycles. The van der Waals surface area contributed by atoms with E-state index in [0.717, 1.165) is 0 Å². The molecule has 1 aliphatic rings. The van der Waals surface area contributed by atoms with E-state index in [0.29, 0.717) is 30.0 Å². The molecule has 0 saturated carbocycles. The molecule has 182 valence electrons. The zero-order valence-corrected chi connectivity index (χ0v) is 20.1. The number of halogens is 1. The van der Waals surface area contributed by atoms with E-state index in [2.05, 4.69) is 10.6 Å². The largest absolute Gasteiger partial charge is 0.384 e. The Balaban J connectivity index is 1.58. The lowest BCUT2D eigenvalue weighted by Gasteiger charge is -2.26. The van der Waals surface area contributed by atoms with Gasteiger partial charge in [0.15, 0.2) is 0 Å². The van der Waals surface area contributed by atoms with Crippen molar-refractivity contribution in [3.05, 3.63) is 58.6 Å². The highest BCUT2D eigenvalue weighted by atomic mass is 35.5. The Hall–Kier alpha value is -2.99. The van der Waals surface area contributed by atoms with Crippen LogP contribution in [0.3, 0.4) is 0 Å². The summed E-state index contributed by atoms with van der Waals surface area (Å²) in [7, 11) is -3.75. The van der Waals surface area contributed by atoms with Gasteiger partial charge in [-0.2, -0.15) is 4.31 Å². The van der Waals surface area contributed by atoms with Crippen molar-refractivity contribution in [2.75, 3.05) is 31.6 Å². The summed E-state index contributed by atoms with van der Waals surface area (Å²) in [5, 5.41) is 12.7. The summed E-state index contributed by atoms with van der Waals surface area (Å²) >= 11 is 6.28. The van der Waals surface area contributed by atoms with Crippen LogP contribution in [0, 0.1) is 5.41 Å². The number of carbonyl (C=O) groups is 2. The van der Waals surface area contributed by atoms with Crippen LogP contribution in [-0.2, 0) is 24.3 Å². The Kier molecular flexibility index (Phi) is 8.26. The van der Waals surface area contributed by atoms with Gasteiger partial charge in [0.2, 0.25) is 21.8 Å². The van der Waals surface area contributed by atoms with Crippen LogP contribution < -0.4 is 16.4 Å². The van der Waals surface area contributed by atoms with Crippen molar-refractivity contribution in [1.29, 1.82) is 5.41 Å². The fourth-order valence-corrected chi connectivity index (χ4v) is 5.32. The minimum atomic E-state index is -3.75. The highest BCUT2D eigenvalue weighted by Gasteiger charge is 2.28. The lowest BCUT2D eigenvalue weighted by Crippen LogP contribution is -2.40. The molecule has 3 rings (SSSR count). The number of carbonyl (C=O) groups excluding carboxylic acids is 2. The minimum absolute atomic E-state index is 0.00601. The fourth-order valence-electron chi connectivity index (χ4n) is 3.38. The van der Waals surface area contributed by atoms with Crippen LogP contribution in [-0.4, -0.2) is 56.7 Å². The second-order valence-corrected chi connectivity index (χ2v) is 10.0. The maximum absolute atomic E-state index is 12.8. The molecule has 10 nitrogen and oxygen atoms in total. The highest BCUT2D eigenvalue weighted by molar-refractivity contribution is 7.89. The van der Waals surface area contributed by atoms with Gasteiger partial charge in [-0.3, -0.25) is 15.0 Å². The van der Waals surface area contributed by atoms with Crippen LogP contribution in [0.2, 0.25) is 5.02 Å². The normalized spacial score (nSPS) is 15.4. The van der Waals surface area contributed by atoms with Gasteiger partial charge >= 0.3 is 0 Å². The zero-order chi connectivity index (χ0) is 24.9. The van der Waals surface area contributed by atoms with Crippen molar-refractivity contribution >= 4 is 45.0 Å². The smallest absolute Gasteiger partial charge is 0.244 e. The van der Waals surface area contributed by atoms with Crippen LogP contribution in [0.5, 0.6) is 0 Å². The van der Waals surface area contributed by atoms with E-state index in [4.69, 9.17) is 27.5 Å². The molecule has 2 aromatic carbocycles. The van der Waals surface area contributed by atoms with Gasteiger partial charge in [0.1, 0.15) is 17.2 Å². The van der Waals surface area contributed by atoms with Crippen molar-refractivity contribution in [2.24, 2.45) is 5.73 Å². The Bertz CT molecular complexity index is 1180. The minimum Gasteiger partial charge on any atom is -0.384 e. The first-order valence-electron chi connectivity index (χ1n) is 10.5. The molecule has 1 unspecified atom stereocenters. The van der Waals surface area contributed by atoms with Crippen molar-refractivity contribution in [3.8, 4) is 0 Å². The maximum Gasteiger partial charge on any atom is 0.244 e. The Morgan fingerprint density at radius 1 is 1.15 bits per heavy atom. The molecular weight excluding hydrogens is 482 g/mol. The van der Waals surface area contributed by atoms with Crippen molar-refractivity contribution in [3.63, 3.8) is 0 Å². The van der Waals surface area contributed by atoms with E-state index < -0.39 is 34.3 Å². The average Bonchev–Trinajstić information content (AvgIpc) is 2.79. The molecule has 2 amide bonds. The predicted octanol–water partition coefficient (Wildman–Crippen LogP) is 1.85. The van der Waals surface area contributed by atoms with Gasteiger partial charge in [0.05, 0.1) is 24.3 Å². The molecule has 0 radical (unpaired) electrons. The first-order valence-corrected chi connectivity index (χ1v) is 12.3. The highest BCUT2D eigenvalue weighted by Crippen LogP contribution is 2.28. The molecular formula is C22H26ClN5O5S. The number of amidine groups is 1. The lowest BCUT2D eigenvalue weighted by atomic mass is 10.1. The molecule has 12 heteroatoms. The fraction of sp³-hybridized carbons (Fsp3) is 0.318. The first kappa shape index (κ1) is 25.6. The molecule has 2 aromatic rings. The second kappa shape index (κ2) is 11.0. The average molecular weight is 508 g/mol. The SMILES string of the molecule is CC(NC(=O)CC(=O)Nc1ccc(C(=N)N)cc1)c1ccc(S(=O)(=O)N2CCOCC2)c(Cl)c1. The summed E-state index contributed by atoms with van der Waals surface area (Å²) < 4.78 is 32.2. The molecule has 5 N–H and O–H groups in total. The third kappa shape index (κ3) is 6.32. The lowest BCUT2D eigenvalue weighted by molar-refractivity contribution is -0.127. The summed E-state index contributed by atoms with van der Waals surface area (Å²) in [4.78, 5) is 24.5. The zero-order valence-electron chi connectivity index (χ0n) is 18.5. The number of nitrogen functional groups attached to an aromatic ring is 1. The van der Waals surface area contributed by atoms with Gasteiger partial charge in [-0.05, 0) is 48.9 Å². The Morgan fingerprint density at radius 2 is 1.79 bits per heavy atom. The molecule has 0 spiro atoms. The van der Waals surface area contributed by atoms with Gasteiger partial charge in [-0.15, -0.1) is 0 Å². The van der Waals surface area contributed by atoms with Crippen molar-refractivity contribution in [1.82, 2.24) is 9.62 Å². The number of nitrogens with two attached hydrogens (primary N) is 1. The number of benzene rings is 2. The number of hydrogen-bond acceptors (Lipinski definition) is 6. The molecule has 1 heterocycles. The molecule has 1 saturated heterocycles. The number of amides is 2. The van der Waals surface area contributed by atoms with Crippen molar-refractivity contribution < 1.29 is 22.7 Å². The van der Waals surface area contributed by atoms with Gasteiger partial charge < -0.3 is 21.1 Å². The number of sulfonamides is 1. The second-order valence-electron chi connectivity index (χ2n) is 7.71.